The summed E-state index contributed by atoms with van der Waals surface area (Å²) in [6.07, 6.45) is 13.6. The lowest BCUT2D eigenvalue weighted by atomic mass is 9.67. The molecule has 3 heteroatoms. The molecular weight excluding hydrogens is 272 g/mol. The molecule has 3 saturated carbocycles. The Morgan fingerprint density at radius 1 is 1.05 bits per heavy atom. The normalized spacial score (nSPS) is 37.5. The monoisotopic (exact) mass is 306 g/mol. The van der Waals surface area contributed by atoms with Gasteiger partial charge in [-0.05, 0) is 49.4 Å². The van der Waals surface area contributed by atoms with E-state index >= 15 is 0 Å². The van der Waals surface area contributed by atoms with Crippen LogP contribution >= 0.6 is 0 Å². The van der Waals surface area contributed by atoms with Crippen molar-refractivity contribution in [1.29, 1.82) is 0 Å². The maximum atomic E-state index is 12.5. The minimum Gasteiger partial charge on any atom is -0.353 e. The third kappa shape index (κ3) is 3.84. The maximum absolute atomic E-state index is 12.5. The Morgan fingerprint density at radius 3 is 2.32 bits per heavy atom. The average molecular weight is 306 g/mol. The first-order valence-electron chi connectivity index (χ1n) is 9.68. The van der Waals surface area contributed by atoms with Crippen molar-refractivity contribution < 1.29 is 4.79 Å². The first-order chi connectivity index (χ1) is 10.6. The van der Waals surface area contributed by atoms with Gasteiger partial charge in [0.05, 0.1) is 0 Å². The summed E-state index contributed by atoms with van der Waals surface area (Å²) in [6.45, 7) is 2.28. The summed E-state index contributed by atoms with van der Waals surface area (Å²) in [5, 5.41) is 3.42. The van der Waals surface area contributed by atoms with E-state index in [1.54, 1.807) is 0 Å². The zero-order valence-electron chi connectivity index (χ0n) is 14.2. The molecule has 126 valence electrons. The predicted molar refractivity (Wildman–Crippen MR) is 90.3 cm³/mol. The molecule has 3 atom stereocenters. The molecule has 0 aromatic carbocycles. The van der Waals surface area contributed by atoms with Crippen molar-refractivity contribution in [3.63, 3.8) is 0 Å². The maximum Gasteiger partial charge on any atom is 0.220 e. The molecule has 22 heavy (non-hydrogen) atoms. The number of hydrogen-bond donors (Lipinski definition) is 2. The van der Waals surface area contributed by atoms with E-state index in [2.05, 4.69) is 12.2 Å². The number of nitrogens with one attached hydrogen (secondary N) is 1. The van der Waals surface area contributed by atoms with Gasteiger partial charge < -0.3 is 11.1 Å². The van der Waals surface area contributed by atoms with E-state index in [0.29, 0.717) is 35.7 Å². The number of carbonyl (C=O) groups excluding carboxylic acids is 1. The highest BCUT2D eigenvalue weighted by Gasteiger charge is 2.40. The first kappa shape index (κ1) is 16.3. The van der Waals surface area contributed by atoms with Crippen molar-refractivity contribution >= 4 is 5.91 Å². The Bertz CT molecular complexity index is 364. The SMILES string of the molecule is CC(CC(=O)NC1C2CCCC1CC(N)C2)C1CCCCC1. The average Bonchev–Trinajstić information content (AvgIpc) is 2.49. The van der Waals surface area contributed by atoms with E-state index in [1.165, 1.54) is 51.4 Å². The van der Waals surface area contributed by atoms with Gasteiger partial charge >= 0.3 is 0 Å². The number of hydrogen-bond acceptors (Lipinski definition) is 2. The fraction of sp³-hybridized carbons (Fsp3) is 0.947. The van der Waals surface area contributed by atoms with Crippen LogP contribution < -0.4 is 11.1 Å². The molecule has 3 aliphatic carbocycles. The lowest BCUT2D eigenvalue weighted by molar-refractivity contribution is -0.124. The number of nitrogens with two attached hydrogens (primary N) is 1. The minimum atomic E-state index is 0.301. The molecule has 0 aliphatic heterocycles. The van der Waals surface area contributed by atoms with Gasteiger partial charge in [0.25, 0.3) is 0 Å². The Morgan fingerprint density at radius 2 is 1.68 bits per heavy atom. The summed E-state index contributed by atoms with van der Waals surface area (Å²) < 4.78 is 0. The Balaban J connectivity index is 1.50. The highest BCUT2D eigenvalue weighted by molar-refractivity contribution is 5.76. The molecule has 3 unspecified atom stereocenters. The van der Waals surface area contributed by atoms with Gasteiger partial charge in [0.2, 0.25) is 5.91 Å². The van der Waals surface area contributed by atoms with Gasteiger partial charge in [-0.3, -0.25) is 4.79 Å². The lowest BCUT2D eigenvalue weighted by Gasteiger charge is -2.45. The molecule has 0 spiro atoms. The second-order valence-corrected chi connectivity index (χ2v) is 8.36. The smallest absolute Gasteiger partial charge is 0.220 e. The van der Waals surface area contributed by atoms with Crippen molar-refractivity contribution in [2.45, 2.75) is 89.6 Å². The van der Waals surface area contributed by atoms with Gasteiger partial charge in [-0.2, -0.15) is 0 Å². The number of fused-ring (bicyclic) bond motifs is 2. The first-order valence-corrected chi connectivity index (χ1v) is 9.68. The van der Waals surface area contributed by atoms with Crippen LogP contribution in [0.5, 0.6) is 0 Å². The molecule has 3 nitrogen and oxygen atoms in total. The number of carbonyl (C=O) groups is 1. The summed E-state index contributed by atoms with van der Waals surface area (Å²) in [5.41, 5.74) is 6.18. The van der Waals surface area contributed by atoms with Gasteiger partial charge in [0.15, 0.2) is 0 Å². The van der Waals surface area contributed by atoms with Crippen LogP contribution in [-0.2, 0) is 4.79 Å². The van der Waals surface area contributed by atoms with Crippen LogP contribution in [0.15, 0.2) is 0 Å². The summed E-state index contributed by atoms with van der Waals surface area (Å²) in [5.74, 6) is 2.90. The lowest BCUT2D eigenvalue weighted by Crippen LogP contribution is -2.53. The predicted octanol–water partition coefficient (Wildman–Crippen LogP) is 3.62. The highest BCUT2D eigenvalue weighted by Crippen LogP contribution is 2.40. The number of amides is 1. The van der Waals surface area contributed by atoms with Crippen molar-refractivity contribution in [3.05, 3.63) is 0 Å². The second-order valence-electron chi connectivity index (χ2n) is 8.36. The fourth-order valence-electron chi connectivity index (χ4n) is 5.43. The molecule has 3 N–H and O–H groups in total. The van der Waals surface area contributed by atoms with E-state index in [4.69, 9.17) is 5.73 Å². The van der Waals surface area contributed by atoms with Crippen LogP contribution in [0.3, 0.4) is 0 Å². The van der Waals surface area contributed by atoms with Gasteiger partial charge in [-0.1, -0.05) is 45.4 Å². The Kier molecular flexibility index (Phi) is 5.43. The second kappa shape index (κ2) is 7.33. The van der Waals surface area contributed by atoms with E-state index in [0.717, 1.165) is 25.2 Å². The van der Waals surface area contributed by atoms with Crippen LogP contribution in [0.1, 0.15) is 77.6 Å². The Labute approximate surface area is 135 Å². The van der Waals surface area contributed by atoms with Crippen LogP contribution in [0.25, 0.3) is 0 Å². The topological polar surface area (TPSA) is 55.1 Å². The summed E-state index contributed by atoms with van der Waals surface area (Å²) in [6, 6.07) is 0.782. The largest absolute Gasteiger partial charge is 0.353 e. The third-order valence-electron chi connectivity index (χ3n) is 6.67. The van der Waals surface area contributed by atoms with Crippen molar-refractivity contribution in [1.82, 2.24) is 5.32 Å². The zero-order valence-corrected chi connectivity index (χ0v) is 14.2. The van der Waals surface area contributed by atoms with Gasteiger partial charge in [-0.25, -0.2) is 0 Å². The summed E-state index contributed by atoms with van der Waals surface area (Å²) >= 11 is 0. The molecule has 0 heterocycles. The van der Waals surface area contributed by atoms with Crippen LogP contribution in [0.2, 0.25) is 0 Å². The van der Waals surface area contributed by atoms with E-state index in [1.807, 2.05) is 0 Å². The molecule has 2 bridgehead atoms. The highest BCUT2D eigenvalue weighted by atomic mass is 16.1. The minimum absolute atomic E-state index is 0.301. The molecule has 3 rings (SSSR count). The van der Waals surface area contributed by atoms with Crippen LogP contribution in [0.4, 0.5) is 0 Å². The molecule has 3 aliphatic rings. The standard InChI is InChI=1S/C19H34N2O/c1-13(14-6-3-2-4-7-14)10-18(22)21-19-15-8-5-9-16(19)12-17(20)11-15/h13-17,19H,2-12,20H2,1H3,(H,21,22). The van der Waals surface area contributed by atoms with E-state index < -0.39 is 0 Å². The molecular formula is C19H34N2O. The summed E-state index contributed by atoms with van der Waals surface area (Å²) in [7, 11) is 0. The van der Waals surface area contributed by atoms with E-state index in [-0.39, 0.29) is 0 Å². The quantitative estimate of drug-likeness (QED) is 0.833. The van der Waals surface area contributed by atoms with Gasteiger partial charge in [0, 0.05) is 18.5 Å². The van der Waals surface area contributed by atoms with Gasteiger partial charge in [0.1, 0.15) is 0 Å². The Hall–Kier alpha value is -0.570. The van der Waals surface area contributed by atoms with Crippen molar-refractivity contribution in [3.8, 4) is 0 Å². The summed E-state index contributed by atoms with van der Waals surface area (Å²) in [4.78, 5) is 12.5. The third-order valence-corrected chi connectivity index (χ3v) is 6.67. The van der Waals surface area contributed by atoms with Gasteiger partial charge in [-0.15, -0.1) is 0 Å². The molecule has 0 saturated heterocycles. The van der Waals surface area contributed by atoms with E-state index in [9.17, 15) is 4.79 Å². The van der Waals surface area contributed by atoms with Crippen LogP contribution in [0, 0.1) is 23.7 Å². The van der Waals surface area contributed by atoms with Crippen molar-refractivity contribution in [2.75, 3.05) is 0 Å². The van der Waals surface area contributed by atoms with Crippen molar-refractivity contribution in [2.24, 2.45) is 29.4 Å². The molecule has 0 radical (unpaired) electrons. The van der Waals surface area contributed by atoms with Crippen LogP contribution in [-0.4, -0.2) is 18.0 Å². The number of rotatable bonds is 4. The fourth-order valence-corrected chi connectivity index (χ4v) is 5.43. The molecule has 1 amide bonds. The zero-order chi connectivity index (χ0) is 15.5. The molecule has 0 aromatic heterocycles. The molecule has 3 fully saturated rings. The molecule has 0 aromatic rings.